The molecule has 23 heavy (non-hydrogen) atoms. The first-order valence-electron chi connectivity index (χ1n) is 9.92. The maximum Gasteiger partial charge on any atom is 0.303 e. The Kier molecular flexibility index (Phi) is 18.9. The molecule has 0 fully saturated rings. The molecule has 0 rings (SSSR count). The average Bonchev–Trinajstić information content (AvgIpc) is 2.53. The molecule has 0 atom stereocenters. The average molecular weight is 329 g/mol. The zero-order chi connectivity index (χ0) is 17.0. The van der Waals surface area contributed by atoms with E-state index in [-0.39, 0.29) is 0 Å². The Balaban J connectivity index is 2.96. The van der Waals surface area contributed by atoms with Crippen molar-refractivity contribution >= 4 is 5.97 Å². The highest BCUT2D eigenvalue weighted by atomic mass is 16.4. The van der Waals surface area contributed by atoms with Crippen LogP contribution in [0.2, 0.25) is 0 Å². The van der Waals surface area contributed by atoms with Gasteiger partial charge in [-0.1, -0.05) is 89.9 Å². The minimum absolute atomic E-state index is 0.338. The Morgan fingerprint density at radius 1 is 0.609 bits per heavy atom. The number of hydrogen-bond acceptors (Lipinski definition) is 3. The molecule has 0 aromatic heterocycles. The fraction of sp³-hybridized carbons (Fsp3) is 0.947. The Hall–Kier alpha value is -0.610. The van der Waals surface area contributed by atoms with E-state index in [2.05, 4.69) is 5.43 Å². The summed E-state index contributed by atoms with van der Waals surface area (Å²) in [5.41, 5.74) is 2.70. The first-order valence-corrected chi connectivity index (χ1v) is 9.92. The van der Waals surface area contributed by atoms with Crippen LogP contribution in [0.25, 0.3) is 0 Å². The number of hydrazine groups is 1. The monoisotopic (exact) mass is 328 g/mol. The number of carboxylic acid groups (broad SMARTS) is 1. The number of carbonyl (C=O) groups is 1. The molecule has 0 radical (unpaired) electrons. The Morgan fingerprint density at radius 2 is 0.913 bits per heavy atom. The number of hydrogen-bond donors (Lipinski definition) is 3. The van der Waals surface area contributed by atoms with Gasteiger partial charge in [-0.15, -0.1) is 0 Å². The summed E-state index contributed by atoms with van der Waals surface area (Å²) in [5, 5.41) is 8.54. The van der Waals surface area contributed by atoms with E-state index in [1.54, 1.807) is 0 Å². The molecule has 138 valence electrons. The summed E-state index contributed by atoms with van der Waals surface area (Å²) in [6.07, 6.45) is 21.0. The topological polar surface area (TPSA) is 75.3 Å². The molecular weight excluding hydrogens is 288 g/mol. The van der Waals surface area contributed by atoms with Crippen molar-refractivity contribution < 1.29 is 9.90 Å². The van der Waals surface area contributed by atoms with Gasteiger partial charge in [-0.25, -0.2) is 0 Å². The van der Waals surface area contributed by atoms with Crippen molar-refractivity contribution in [3.05, 3.63) is 0 Å². The van der Waals surface area contributed by atoms with Crippen LogP contribution in [-0.2, 0) is 4.79 Å². The first kappa shape index (κ1) is 22.4. The molecule has 0 aliphatic rings. The molecule has 0 bridgehead atoms. The van der Waals surface area contributed by atoms with Crippen LogP contribution in [0.1, 0.15) is 109 Å². The van der Waals surface area contributed by atoms with Crippen LogP contribution in [0, 0.1) is 0 Å². The van der Waals surface area contributed by atoms with Crippen molar-refractivity contribution in [2.24, 2.45) is 5.84 Å². The number of aliphatic carboxylic acids is 1. The van der Waals surface area contributed by atoms with Crippen LogP contribution in [0.4, 0.5) is 0 Å². The van der Waals surface area contributed by atoms with E-state index in [1.165, 1.54) is 89.9 Å². The molecule has 0 amide bonds. The molecule has 4 heteroatoms. The molecule has 0 heterocycles. The van der Waals surface area contributed by atoms with E-state index in [0.717, 1.165) is 19.4 Å². The molecule has 0 aliphatic carbocycles. The Morgan fingerprint density at radius 3 is 1.22 bits per heavy atom. The zero-order valence-electron chi connectivity index (χ0n) is 15.2. The normalized spacial score (nSPS) is 11.0. The Bertz CT molecular complexity index is 248. The third-order valence-corrected chi connectivity index (χ3v) is 4.46. The molecule has 0 aromatic rings. The lowest BCUT2D eigenvalue weighted by Gasteiger charge is -2.03. The van der Waals surface area contributed by atoms with Crippen molar-refractivity contribution in [1.82, 2.24) is 5.43 Å². The maximum atomic E-state index is 10.4. The van der Waals surface area contributed by atoms with Crippen LogP contribution >= 0.6 is 0 Å². The van der Waals surface area contributed by atoms with Gasteiger partial charge in [-0.2, -0.15) is 0 Å². The van der Waals surface area contributed by atoms with Crippen molar-refractivity contribution in [2.75, 3.05) is 6.54 Å². The third-order valence-electron chi connectivity index (χ3n) is 4.46. The second-order valence-corrected chi connectivity index (χ2v) is 6.75. The molecule has 4 N–H and O–H groups in total. The summed E-state index contributed by atoms with van der Waals surface area (Å²) in [5.74, 6) is 4.58. The lowest BCUT2D eigenvalue weighted by Crippen LogP contribution is -2.22. The molecule has 0 saturated heterocycles. The molecule has 0 spiro atoms. The number of nitrogens with two attached hydrogens (primary N) is 1. The second kappa shape index (κ2) is 19.4. The van der Waals surface area contributed by atoms with Gasteiger partial charge < -0.3 is 5.11 Å². The molecule has 0 unspecified atom stereocenters. The summed E-state index contributed by atoms with van der Waals surface area (Å²) >= 11 is 0. The van der Waals surface area contributed by atoms with Crippen LogP contribution in [0.15, 0.2) is 0 Å². The molecular formula is C19H40N2O2. The first-order chi connectivity index (χ1) is 11.3. The highest BCUT2D eigenvalue weighted by molar-refractivity contribution is 5.66. The van der Waals surface area contributed by atoms with Crippen LogP contribution in [0.5, 0.6) is 0 Å². The van der Waals surface area contributed by atoms with Gasteiger partial charge in [0.2, 0.25) is 0 Å². The van der Waals surface area contributed by atoms with Gasteiger partial charge in [0.1, 0.15) is 0 Å². The van der Waals surface area contributed by atoms with E-state index in [1.807, 2.05) is 0 Å². The second-order valence-electron chi connectivity index (χ2n) is 6.75. The minimum atomic E-state index is -0.658. The summed E-state index contributed by atoms with van der Waals surface area (Å²) in [4.78, 5) is 10.4. The summed E-state index contributed by atoms with van der Waals surface area (Å²) < 4.78 is 0. The predicted molar refractivity (Wildman–Crippen MR) is 98.3 cm³/mol. The Labute approximate surface area is 143 Å². The number of rotatable bonds is 19. The van der Waals surface area contributed by atoms with Gasteiger partial charge in [0.05, 0.1) is 0 Å². The van der Waals surface area contributed by atoms with Crippen LogP contribution in [-0.4, -0.2) is 17.6 Å². The van der Waals surface area contributed by atoms with E-state index in [9.17, 15) is 4.79 Å². The fourth-order valence-corrected chi connectivity index (χ4v) is 2.98. The van der Waals surface area contributed by atoms with E-state index >= 15 is 0 Å². The van der Waals surface area contributed by atoms with Crippen molar-refractivity contribution in [3.8, 4) is 0 Å². The van der Waals surface area contributed by atoms with Gasteiger partial charge in [0, 0.05) is 13.0 Å². The quantitative estimate of drug-likeness (QED) is 0.174. The number of nitrogens with one attached hydrogen (secondary N) is 1. The van der Waals surface area contributed by atoms with E-state index in [0.29, 0.717) is 6.42 Å². The molecule has 0 aromatic carbocycles. The smallest absolute Gasteiger partial charge is 0.303 e. The standard InChI is InChI=1S/C19H40N2O2/c20-21-18-16-14-12-10-8-6-4-2-1-3-5-7-9-11-13-15-17-19(22)23/h21H,1-18,20H2,(H,22,23). The number of carboxylic acids is 1. The molecule has 0 saturated carbocycles. The molecule has 0 aliphatic heterocycles. The van der Waals surface area contributed by atoms with Crippen LogP contribution in [0.3, 0.4) is 0 Å². The molecule has 4 nitrogen and oxygen atoms in total. The number of unbranched alkanes of at least 4 members (excludes halogenated alkanes) is 15. The van der Waals surface area contributed by atoms with E-state index < -0.39 is 5.97 Å². The SMILES string of the molecule is NNCCCCCCCCCCCCCCCCCCC(=O)O. The van der Waals surface area contributed by atoms with Crippen molar-refractivity contribution in [1.29, 1.82) is 0 Å². The van der Waals surface area contributed by atoms with Gasteiger partial charge in [-0.3, -0.25) is 16.1 Å². The van der Waals surface area contributed by atoms with Gasteiger partial charge >= 0.3 is 5.97 Å². The summed E-state index contributed by atoms with van der Waals surface area (Å²) in [6.45, 7) is 0.947. The maximum absolute atomic E-state index is 10.4. The van der Waals surface area contributed by atoms with E-state index in [4.69, 9.17) is 10.9 Å². The highest BCUT2D eigenvalue weighted by Crippen LogP contribution is 2.13. The largest absolute Gasteiger partial charge is 0.481 e. The third kappa shape index (κ3) is 21.4. The van der Waals surface area contributed by atoms with Crippen LogP contribution < -0.4 is 11.3 Å². The summed E-state index contributed by atoms with van der Waals surface area (Å²) in [6, 6.07) is 0. The van der Waals surface area contributed by atoms with Gasteiger partial charge in [0.15, 0.2) is 0 Å². The predicted octanol–water partition coefficient (Wildman–Crippen LogP) is 5.17. The fourth-order valence-electron chi connectivity index (χ4n) is 2.98. The highest BCUT2D eigenvalue weighted by Gasteiger charge is 1.97. The van der Waals surface area contributed by atoms with Crippen molar-refractivity contribution in [3.63, 3.8) is 0 Å². The van der Waals surface area contributed by atoms with Gasteiger partial charge in [-0.05, 0) is 12.8 Å². The van der Waals surface area contributed by atoms with Gasteiger partial charge in [0.25, 0.3) is 0 Å². The minimum Gasteiger partial charge on any atom is -0.481 e. The summed E-state index contributed by atoms with van der Waals surface area (Å²) in [7, 11) is 0. The lowest BCUT2D eigenvalue weighted by atomic mass is 10.0. The lowest BCUT2D eigenvalue weighted by molar-refractivity contribution is -0.137. The zero-order valence-corrected chi connectivity index (χ0v) is 15.2. The van der Waals surface area contributed by atoms with Crippen molar-refractivity contribution in [2.45, 2.75) is 109 Å².